The van der Waals surface area contributed by atoms with Crippen molar-refractivity contribution in [3.05, 3.63) is 59.5 Å². The smallest absolute Gasteiger partial charge is 0.224 e. The summed E-state index contributed by atoms with van der Waals surface area (Å²) in [6, 6.07) is 11.4. The molecule has 2 aromatic carbocycles. The fourth-order valence-electron chi connectivity index (χ4n) is 3.84. The van der Waals surface area contributed by atoms with Crippen LogP contribution in [0.25, 0.3) is 10.9 Å². The monoisotopic (exact) mass is 422 g/mol. The molecule has 0 saturated carbocycles. The second-order valence-corrected chi connectivity index (χ2v) is 7.64. The highest BCUT2D eigenvalue weighted by Gasteiger charge is 2.24. The summed E-state index contributed by atoms with van der Waals surface area (Å²) >= 11 is 0. The van der Waals surface area contributed by atoms with E-state index in [1.807, 2.05) is 0 Å². The van der Waals surface area contributed by atoms with Gasteiger partial charge in [0.15, 0.2) is 0 Å². The lowest BCUT2D eigenvalue weighted by atomic mass is 10.0. The van der Waals surface area contributed by atoms with Crippen molar-refractivity contribution < 1.29 is 18.8 Å². The van der Waals surface area contributed by atoms with Gasteiger partial charge in [-0.2, -0.15) is 0 Å². The molecule has 0 bridgehead atoms. The second kappa shape index (κ2) is 8.59. The van der Waals surface area contributed by atoms with Gasteiger partial charge in [-0.15, -0.1) is 0 Å². The van der Waals surface area contributed by atoms with Crippen LogP contribution in [-0.4, -0.2) is 34.2 Å². The molecule has 4 rings (SSSR count). The number of hydrogen-bond acceptors (Lipinski definition) is 3. The van der Waals surface area contributed by atoms with Crippen LogP contribution in [0.2, 0.25) is 0 Å². The van der Waals surface area contributed by atoms with Crippen molar-refractivity contribution in [1.29, 1.82) is 0 Å². The fourth-order valence-corrected chi connectivity index (χ4v) is 3.84. The van der Waals surface area contributed by atoms with Gasteiger partial charge in [-0.3, -0.25) is 14.4 Å². The van der Waals surface area contributed by atoms with E-state index in [0.717, 1.165) is 22.2 Å². The Kier molecular flexibility index (Phi) is 5.70. The summed E-state index contributed by atoms with van der Waals surface area (Å²) in [4.78, 5) is 41.0. The standard InChI is InChI=1S/C23H23FN4O3/c1-14(29)25-16-3-5-17(6-4-16)26-22(30)8-9-23(31)28-11-10-21-19(13-28)18-12-15(24)2-7-20(18)27-21/h2-7,12,27H,8-11,13H2,1H3,(H,25,29)(H,26,30). The van der Waals surface area contributed by atoms with Gasteiger partial charge in [-0.25, -0.2) is 4.39 Å². The van der Waals surface area contributed by atoms with Crippen molar-refractivity contribution in [2.45, 2.75) is 32.7 Å². The van der Waals surface area contributed by atoms with E-state index < -0.39 is 0 Å². The van der Waals surface area contributed by atoms with Gasteiger partial charge in [-0.05, 0) is 42.5 Å². The number of H-pyrrole nitrogens is 1. The highest BCUT2D eigenvalue weighted by Crippen LogP contribution is 2.28. The summed E-state index contributed by atoms with van der Waals surface area (Å²) in [5, 5.41) is 6.21. The number of carbonyl (C=O) groups is 3. The van der Waals surface area contributed by atoms with E-state index in [1.165, 1.54) is 19.1 Å². The number of anilines is 2. The third-order valence-electron chi connectivity index (χ3n) is 5.34. The number of benzene rings is 2. The number of nitrogens with zero attached hydrogens (tertiary/aromatic N) is 1. The zero-order valence-electron chi connectivity index (χ0n) is 17.1. The molecule has 3 aromatic rings. The molecule has 2 heterocycles. The van der Waals surface area contributed by atoms with E-state index in [4.69, 9.17) is 0 Å². The maximum absolute atomic E-state index is 13.6. The van der Waals surface area contributed by atoms with Crippen LogP contribution >= 0.6 is 0 Å². The largest absolute Gasteiger partial charge is 0.358 e. The Bertz CT molecular complexity index is 1150. The van der Waals surface area contributed by atoms with Gasteiger partial charge in [0.25, 0.3) is 0 Å². The lowest BCUT2D eigenvalue weighted by Gasteiger charge is -2.27. The molecule has 1 aliphatic rings. The van der Waals surface area contributed by atoms with Crippen molar-refractivity contribution in [2.75, 3.05) is 17.2 Å². The minimum Gasteiger partial charge on any atom is -0.358 e. The zero-order chi connectivity index (χ0) is 22.0. The van der Waals surface area contributed by atoms with Gasteiger partial charge in [0.1, 0.15) is 5.82 Å². The molecule has 0 radical (unpaired) electrons. The minimum atomic E-state index is -0.306. The molecule has 0 atom stereocenters. The molecule has 0 aliphatic carbocycles. The SMILES string of the molecule is CC(=O)Nc1ccc(NC(=O)CCC(=O)N2CCc3[nH]c4ccc(F)cc4c3C2)cc1. The maximum Gasteiger partial charge on any atom is 0.224 e. The Morgan fingerprint density at radius 1 is 1.03 bits per heavy atom. The zero-order valence-corrected chi connectivity index (χ0v) is 17.1. The molecule has 31 heavy (non-hydrogen) atoms. The third kappa shape index (κ3) is 4.74. The number of fused-ring (bicyclic) bond motifs is 3. The number of nitrogens with one attached hydrogen (secondary N) is 3. The lowest BCUT2D eigenvalue weighted by molar-refractivity contribution is -0.133. The van der Waals surface area contributed by atoms with Crippen molar-refractivity contribution >= 4 is 40.0 Å². The van der Waals surface area contributed by atoms with Gasteiger partial charge in [0, 0.05) is 72.8 Å². The van der Waals surface area contributed by atoms with Gasteiger partial charge in [0.2, 0.25) is 17.7 Å². The molecule has 160 valence electrons. The van der Waals surface area contributed by atoms with Gasteiger partial charge in [0.05, 0.1) is 0 Å². The van der Waals surface area contributed by atoms with Crippen LogP contribution in [-0.2, 0) is 27.3 Å². The van der Waals surface area contributed by atoms with Crippen molar-refractivity contribution in [3.63, 3.8) is 0 Å². The molecule has 3 N–H and O–H groups in total. The summed E-state index contributed by atoms with van der Waals surface area (Å²) in [6.45, 7) is 2.39. The van der Waals surface area contributed by atoms with Crippen molar-refractivity contribution in [3.8, 4) is 0 Å². The molecule has 0 fully saturated rings. The van der Waals surface area contributed by atoms with Crippen LogP contribution < -0.4 is 10.6 Å². The van der Waals surface area contributed by atoms with Crippen LogP contribution in [0.3, 0.4) is 0 Å². The summed E-state index contributed by atoms with van der Waals surface area (Å²) in [5.74, 6) is -0.836. The van der Waals surface area contributed by atoms with E-state index in [1.54, 1.807) is 35.2 Å². The number of carbonyl (C=O) groups excluding carboxylic acids is 3. The van der Waals surface area contributed by atoms with Crippen molar-refractivity contribution in [1.82, 2.24) is 9.88 Å². The predicted molar refractivity (Wildman–Crippen MR) is 116 cm³/mol. The average molecular weight is 422 g/mol. The molecular weight excluding hydrogens is 399 g/mol. The van der Waals surface area contributed by atoms with Crippen LogP contribution in [0, 0.1) is 5.82 Å². The first-order chi connectivity index (χ1) is 14.9. The van der Waals surface area contributed by atoms with Gasteiger partial charge >= 0.3 is 0 Å². The fraction of sp³-hybridized carbons (Fsp3) is 0.261. The topological polar surface area (TPSA) is 94.3 Å². The van der Waals surface area contributed by atoms with E-state index in [9.17, 15) is 18.8 Å². The number of rotatable bonds is 5. The first-order valence-corrected chi connectivity index (χ1v) is 10.1. The third-order valence-corrected chi connectivity index (χ3v) is 5.34. The maximum atomic E-state index is 13.6. The molecule has 0 unspecified atom stereocenters. The Morgan fingerprint density at radius 2 is 1.74 bits per heavy atom. The molecule has 3 amide bonds. The summed E-state index contributed by atoms with van der Waals surface area (Å²) in [6.07, 6.45) is 0.838. The van der Waals surface area contributed by atoms with Crippen LogP contribution in [0.5, 0.6) is 0 Å². The Morgan fingerprint density at radius 3 is 2.45 bits per heavy atom. The van der Waals surface area contributed by atoms with E-state index in [0.29, 0.717) is 30.9 Å². The lowest BCUT2D eigenvalue weighted by Crippen LogP contribution is -2.36. The Labute approximate surface area is 178 Å². The first kappa shape index (κ1) is 20.6. The van der Waals surface area contributed by atoms with Crippen LogP contribution in [0.1, 0.15) is 31.0 Å². The van der Waals surface area contributed by atoms with E-state index in [2.05, 4.69) is 15.6 Å². The predicted octanol–water partition coefficient (Wildman–Crippen LogP) is 3.57. The quantitative estimate of drug-likeness (QED) is 0.587. The minimum absolute atomic E-state index is 0.0676. The van der Waals surface area contributed by atoms with Crippen LogP contribution in [0.4, 0.5) is 15.8 Å². The summed E-state index contributed by atoms with van der Waals surface area (Å²) in [5.41, 5.74) is 4.07. The Balaban J connectivity index is 1.32. The van der Waals surface area contributed by atoms with E-state index >= 15 is 0 Å². The average Bonchev–Trinajstić information content (AvgIpc) is 3.10. The number of halogens is 1. The summed E-state index contributed by atoms with van der Waals surface area (Å²) < 4.78 is 13.6. The van der Waals surface area contributed by atoms with Crippen molar-refractivity contribution in [2.24, 2.45) is 0 Å². The van der Waals surface area contributed by atoms with Crippen LogP contribution in [0.15, 0.2) is 42.5 Å². The van der Waals surface area contributed by atoms with E-state index in [-0.39, 0.29) is 36.4 Å². The number of hydrogen-bond donors (Lipinski definition) is 3. The number of amides is 3. The number of aromatic nitrogens is 1. The number of aromatic amines is 1. The molecule has 1 aromatic heterocycles. The summed E-state index contributed by atoms with van der Waals surface area (Å²) in [7, 11) is 0. The Hall–Kier alpha value is -3.68. The molecule has 8 heteroatoms. The highest BCUT2D eigenvalue weighted by atomic mass is 19.1. The molecule has 0 saturated heterocycles. The van der Waals surface area contributed by atoms with Gasteiger partial charge in [-0.1, -0.05) is 0 Å². The molecule has 1 aliphatic heterocycles. The highest BCUT2D eigenvalue weighted by molar-refractivity contribution is 5.94. The second-order valence-electron chi connectivity index (χ2n) is 7.64. The molecular formula is C23H23FN4O3. The first-order valence-electron chi connectivity index (χ1n) is 10.1. The van der Waals surface area contributed by atoms with Gasteiger partial charge < -0.3 is 20.5 Å². The molecule has 0 spiro atoms. The normalized spacial score (nSPS) is 13.0. The molecule has 7 nitrogen and oxygen atoms in total.